The molecule has 1 N–H and O–H groups in total. The molecule has 0 amide bonds. The van der Waals surface area contributed by atoms with Gasteiger partial charge in [-0.2, -0.15) is 4.98 Å². The quantitative estimate of drug-likeness (QED) is 0.575. The van der Waals surface area contributed by atoms with Crippen molar-refractivity contribution >= 4 is 11.5 Å². The standard InChI is InChI=1S/C12H20N4O4/c1-5-13-10-9(16(17)18)11(15-8-14-10)20-7-6-12(2,3)19-4/h8H,5-7H2,1-4H3,(H,13,14,15). The highest BCUT2D eigenvalue weighted by Gasteiger charge is 2.25. The van der Waals surface area contributed by atoms with Crippen LogP contribution in [0.5, 0.6) is 5.88 Å². The summed E-state index contributed by atoms with van der Waals surface area (Å²) in [5.41, 5.74) is -0.601. The van der Waals surface area contributed by atoms with Gasteiger partial charge >= 0.3 is 5.69 Å². The highest BCUT2D eigenvalue weighted by Crippen LogP contribution is 2.30. The molecule has 20 heavy (non-hydrogen) atoms. The molecular weight excluding hydrogens is 264 g/mol. The van der Waals surface area contributed by atoms with E-state index in [9.17, 15) is 10.1 Å². The van der Waals surface area contributed by atoms with Crippen molar-refractivity contribution in [3.63, 3.8) is 0 Å². The first-order valence-corrected chi connectivity index (χ1v) is 6.32. The SMILES string of the molecule is CCNc1ncnc(OCCC(C)(C)OC)c1[N+](=O)[O-]. The third kappa shape index (κ3) is 4.30. The number of methoxy groups -OCH3 is 1. The maximum Gasteiger partial charge on any atom is 0.372 e. The van der Waals surface area contributed by atoms with Crippen LogP contribution in [0, 0.1) is 10.1 Å². The van der Waals surface area contributed by atoms with Crippen LogP contribution in [0.15, 0.2) is 6.33 Å². The summed E-state index contributed by atoms with van der Waals surface area (Å²) in [7, 11) is 1.61. The maximum absolute atomic E-state index is 11.1. The van der Waals surface area contributed by atoms with Gasteiger partial charge in [0.05, 0.1) is 17.1 Å². The molecule has 0 fully saturated rings. The van der Waals surface area contributed by atoms with E-state index in [2.05, 4.69) is 15.3 Å². The molecule has 1 heterocycles. The van der Waals surface area contributed by atoms with E-state index in [4.69, 9.17) is 9.47 Å². The molecule has 112 valence electrons. The number of nitrogens with zero attached hydrogens (tertiary/aromatic N) is 3. The van der Waals surface area contributed by atoms with Crippen molar-refractivity contribution < 1.29 is 14.4 Å². The van der Waals surface area contributed by atoms with Crippen molar-refractivity contribution in [1.82, 2.24) is 9.97 Å². The Bertz CT molecular complexity index is 465. The molecule has 0 saturated carbocycles. The average Bonchev–Trinajstić information content (AvgIpc) is 2.39. The minimum absolute atomic E-state index is 0.0344. The van der Waals surface area contributed by atoms with Gasteiger partial charge in [0.15, 0.2) is 0 Å². The minimum atomic E-state index is -0.547. The Morgan fingerprint density at radius 3 is 2.70 bits per heavy atom. The van der Waals surface area contributed by atoms with Gasteiger partial charge in [-0.1, -0.05) is 0 Å². The van der Waals surface area contributed by atoms with Crippen molar-refractivity contribution in [3.8, 4) is 5.88 Å². The lowest BCUT2D eigenvalue weighted by atomic mass is 10.1. The van der Waals surface area contributed by atoms with Gasteiger partial charge in [0.1, 0.15) is 6.33 Å². The molecule has 0 atom stereocenters. The summed E-state index contributed by atoms with van der Waals surface area (Å²) in [5.74, 6) is 0.126. The molecule has 0 aliphatic heterocycles. The highest BCUT2D eigenvalue weighted by molar-refractivity contribution is 5.60. The van der Waals surface area contributed by atoms with Crippen LogP contribution in [0.2, 0.25) is 0 Å². The molecule has 0 aromatic carbocycles. The first-order chi connectivity index (χ1) is 9.41. The van der Waals surface area contributed by atoms with E-state index < -0.39 is 4.92 Å². The summed E-state index contributed by atoms with van der Waals surface area (Å²) < 4.78 is 10.7. The number of hydrogen-bond acceptors (Lipinski definition) is 7. The fourth-order valence-electron chi connectivity index (χ4n) is 1.43. The molecular formula is C12H20N4O4. The lowest BCUT2D eigenvalue weighted by molar-refractivity contribution is -0.385. The number of anilines is 1. The van der Waals surface area contributed by atoms with Crippen LogP contribution in [0.1, 0.15) is 27.2 Å². The molecule has 8 nitrogen and oxygen atoms in total. The van der Waals surface area contributed by atoms with Gasteiger partial charge in [-0.05, 0) is 20.8 Å². The molecule has 0 spiro atoms. The van der Waals surface area contributed by atoms with Gasteiger partial charge in [0.25, 0.3) is 5.88 Å². The fraction of sp³-hybridized carbons (Fsp3) is 0.667. The Morgan fingerprint density at radius 1 is 1.45 bits per heavy atom. The molecule has 0 radical (unpaired) electrons. The molecule has 8 heteroatoms. The van der Waals surface area contributed by atoms with Crippen molar-refractivity contribution in [3.05, 3.63) is 16.4 Å². The van der Waals surface area contributed by atoms with E-state index in [1.807, 2.05) is 20.8 Å². The lowest BCUT2D eigenvalue weighted by Gasteiger charge is -2.22. The molecule has 0 unspecified atom stereocenters. The predicted molar refractivity (Wildman–Crippen MR) is 74.1 cm³/mol. The molecule has 1 rings (SSSR count). The zero-order chi connectivity index (χ0) is 15.2. The number of ether oxygens (including phenoxy) is 2. The van der Waals surface area contributed by atoms with Crippen molar-refractivity contribution in [2.24, 2.45) is 0 Å². The number of nitro groups is 1. The summed E-state index contributed by atoms with van der Waals surface area (Å²) in [4.78, 5) is 18.3. The monoisotopic (exact) mass is 284 g/mol. The number of hydrogen-bond donors (Lipinski definition) is 1. The Hall–Kier alpha value is -1.96. The van der Waals surface area contributed by atoms with E-state index in [-0.39, 0.29) is 29.6 Å². The van der Waals surface area contributed by atoms with E-state index in [1.165, 1.54) is 6.33 Å². The topological polar surface area (TPSA) is 99.4 Å². The summed E-state index contributed by atoms with van der Waals surface area (Å²) in [6, 6.07) is 0. The second kappa shape index (κ2) is 6.99. The highest BCUT2D eigenvalue weighted by atomic mass is 16.6. The first kappa shape index (κ1) is 16.1. The Morgan fingerprint density at radius 2 is 2.15 bits per heavy atom. The third-order valence-electron chi connectivity index (χ3n) is 2.81. The van der Waals surface area contributed by atoms with Gasteiger partial charge < -0.3 is 14.8 Å². The molecule has 1 aromatic heterocycles. The number of nitrogens with one attached hydrogen (secondary N) is 1. The third-order valence-corrected chi connectivity index (χ3v) is 2.81. The van der Waals surface area contributed by atoms with Crippen LogP contribution in [-0.4, -0.2) is 40.8 Å². The van der Waals surface area contributed by atoms with Crippen LogP contribution in [0.25, 0.3) is 0 Å². The summed E-state index contributed by atoms with van der Waals surface area (Å²) in [6.45, 7) is 6.44. The van der Waals surface area contributed by atoms with Crippen LogP contribution in [0.4, 0.5) is 11.5 Å². The second-order valence-electron chi connectivity index (χ2n) is 4.73. The van der Waals surface area contributed by atoms with E-state index in [0.717, 1.165) is 0 Å². The lowest BCUT2D eigenvalue weighted by Crippen LogP contribution is -2.25. The molecule has 0 saturated heterocycles. The molecule has 0 bridgehead atoms. The van der Waals surface area contributed by atoms with Gasteiger partial charge in [0.2, 0.25) is 5.82 Å². The molecule has 1 aromatic rings. The minimum Gasteiger partial charge on any atom is -0.473 e. The second-order valence-corrected chi connectivity index (χ2v) is 4.73. The van der Waals surface area contributed by atoms with E-state index in [1.54, 1.807) is 7.11 Å². The van der Waals surface area contributed by atoms with Crippen molar-refractivity contribution in [1.29, 1.82) is 0 Å². The normalized spacial score (nSPS) is 11.2. The van der Waals surface area contributed by atoms with Crippen molar-refractivity contribution in [2.45, 2.75) is 32.8 Å². The first-order valence-electron chi connectivity index (χ1n) is 6.32. The zero-order valence-electron chi connectivity index (χ0n) is 12.2. The van der Waals surface area contributed by atoms with Crippen LogP contribution >= 0.6 is 0 Å². The maximum atomic E-state index is 11.1. The summed E-state index contributed by atoms with van der Waals surface area (Å²) in [6.07, 6.45) is 1.82. The van der Waals surface area contributed by atoms with Gasteiger partial charge in [0, 0.05) is 20.1 Å². The van der Waals surface area contributed by atoms with Gasteiger partial charge in [-0.15, -0.1) is 0 Å². The molecule has 0 aliphatic carbocycles. The van der Waals surface area contributed by atoms with Crippen LogP contribution in [0.3, 0.4) is 0 Å². The van der Waals surface area contributed by atoms with Gasteiger partial charge in [-0.3, -0.25) is 10.1 Å². The van der Waals surface area contributed by atoms with Crippen LogP contribution < -0.4 is 10.1 Å². The summed E-state index contributed by atoms with van der Waals surface area (Å²) in [5, 5.41) is 13.9. The van der Waals surface area contributed by atoms with E-state index in [0.29, 0.717) is 13.0 Å². The van der Waals surface area contributed by atoms with E-state index >= 15 is 0 Å². The predicted octanol–water partition coefficient (Wildman–Crippen LogP) is 2.01. The Kier molecular flexibility index (Phi) is 5.63. The molecule has 0 aliphatic rings. The number of rotatable bonds is 8. The zero-order valence-corrected chi connectivity index (χ0v) is 12.2. The van der Waals surface area contributed by atoms with Gasteiger partial charge in [-0.25, -0.2) is 4.98 Å². The average molecular weight is 284 g/mol. The fourth-order valence-corrected chi connectivity index (χ4v) is 1.43. The summed E-state index contributed by atoms with van der Waals surface area (Å²) >= 11 is 0. The van der Waals surface area contributed by atoms with Crippen LogP contribution in [-0.2, 0) is 4.74 Å². The number of aromatic nitrogens is 2. The Labute approximate surface area is 117 Å². The van der Waals surface area contributed by atoms with Crippen molar-refractivity contribution in [2.75, 3.05) is 25.6 Å². The largest absolute Gasteiger partial charge is 0.473 e. The Balaban J connectivity index is 2.84. The smallest absolute Gasteiger partial charge is 0.372 e.